The highest BCUT2D eigenvalue weighted by Crippen LogP contribution is 2.31. The van der Waals surface area contributed by atoms with Crippen LogP contribution >= 0.6 is 11.6 Å². The number of hydrogen-bond donors (Lipinski definition) is 1. The van der Waals surface area contributed by atoms with Crippen molar-refractivity contribution in [2.24, 2.45) is 0 Å². The monoisotopic (exact) mass is 470 g/mol. The summed E-state index contributed by atoms with van der Waals surface area (Å²) in [5.74, 6) is -0.135. The fourth-order valence-electron chi connectivity index (χ4n) is 3.28. The number of benzene rings is 3. The molecule has 0 spiro atoms. The minimum Gasteiger partial charge on any atom is -0.352 e. The van der Waals surface area contributed by atoms with Gasteiger partial charge in [0.05, 0.1) is 17.1 Å². The molecule has 0 radical (unpaired) electrons. The molecular weight excluding hydrogens is 444 g/mol. The standard InChI is InChI=1S/C25H27ClN2O3S/c1-3-4-16-27-25(29)21-13-11-20(12-14-21)18-28(24-17-22(26)15-10-19(24)2)32(30,31)23-8-6-5-7-9-23/h5-15,17H,3-4,16,18H2,1-2H3,(H,27,29). The van der Waals surface area contributed by atoms with Gasteiger partial charge in [-0.1, -0.05) is 61.3 Å². The Morgan fingerprint density at radius 3 is 2.34 bits per heavy atom. The zero-order valence-electron chi connectivity index (χ0n) is 18.2. The van der Waals surface area contributed by atoms with Crippen LogP contribution in [-0.4, -0.2) is 20.9 Å². The number of anilines is 1. The van der Waals surface area contributed by atoms with E-state index in [0.717, 1.165) is 24.0 Å². The minimum absolute atomic E-state index is 0.107. The normalized spacial score (nSPS) is 11.2. The number of carbonyl (C=O) groups excluding carboxylic acids is 1. The largest absolute Gasteiger partial charge is 0.352 e. The lowest BCUT2D eigenvalue weighted by Gasteiger charge is -2.26. The van der Waals surface area contributed by atoms with Gasteiger partial charge in [0.15, 0.2) is 0 Å². The number of rotatable bonds is 9. The fourth-order valence-corrected chi connectivity index (χ4v) is 4.98. The van der Waals surface area contributed by atoms with Crippen molar-refractivity contribution >= 4 is 33.2 Å². The van der Waals surface area contributed by atoms with Crippen molar-refractivity contribution in [1.29, 1.82) is 0 Å². The van der Waals surface area contributed by atoms with Gasteiger partial charge in [0.1, 0.15) is 0 Å². The Morgan fingerprint density at radius 2 is 1.69 bits per heavy atom. The highest BCUT2D eigenvalue weighted by Gasteiger charge is 2.26. The van der Waals surface area contributed by atoms with Crippen molar-refractivity contribution in [3.63, 3.8) is 0 Å². The van der Waals surface area contributed by atoms with Gasteiger partial charge in [-0.05, 0) is 60.9 Å². The molecule has 3 aromatic rings. The summed E-state index contributed by atoms with van der Waals surface area (Å²) in [5, 5.41) is 3.34. The van der Waals surface area contributed by atoms with Crippen LogP contribution in [0.3, 0.4) is 0 Å². The molecule has 0 saturated heterocycles. The van der Waals surface area contributed by atoms with Crippen molar-refractivity contribution in [3.05, 3.63) is 94.5 Å². The Bertz CT molecular complexity index is 1160. The number of unbranched alkanes of at least 4 members (excludes halogenated alkanes) is 1. The average Bonchev–Trinajstić information content (AvgIpc) is 2.80. The quantitative estimate of drug-likeness (QED) is 0.415. The second kappa shape index (κ2) is 10.7. The molecule has 7 heteroatoms. The van der Waals surface area contributed by atoms with E-state index >= 15 is 0 Å². The summed E-state index contributed by atoms with van der Waals surface area (Å²) in [6.45, 7) is 4.66. The fraction of sp³-hybridized carbons (Fsp3) is 0.240. The second-order valence-corrected chi connectivity index (χ2v) is 9.86. The van der Waals surface area contributed by atoms with Crippen LogP contribution in [0, 0.1) is 6.92 Å². The van der Waals surface area contributed by atoms with E-state index in [4.69, 9.17) is 11.6 Å². The summed E-state index contributed by atoms with van der Waals surface area (Å²) in [6.07, 6.45) is 1.93. The zero-order chi connectivity index (χ0) is 23.1. The van der Waals surface area contributed by atoms with Crippen LogP contribution < -0.4 is 9.62 Å². The molecule has 0 aliphatic heterocycles. The van der Waals surface area contributed by atoms with Crippen LogP contribution in [0.5, 0.6) is 0 Å². The van der Waals surface area contributed by atoms with Crippen LogP contribution in [0.1, 0.15) is 41.3 Å². The van der Waals surface area contributed by atoms with Crippen LogP contribution in [-0.2, 0) is 16.6 Å². The number of halogens is 1. The number of sulfonamides is 1. The first-order valence-electron chi connectivity index (χ1n) is 10.5. The van der Waals surface area contributed by atoms with Crippen molar-refractivity contribution in [1.82, 2.24) is 5.32 Å². The van der Waals surface area contributed by atoms with E-state index in [0.29, 0.717) is 22.8 Å². The molecular formula is C25H27ClN2O3S. The van der Waals surface area contributed by atoms with Gasteiger partial charge in [0.25, 0.3) is 15.9 Å². The number of carbonyl (C=O) groups is 1. The minimum atomic E-state index is -3.84. The topological polar surface area (TPSA) is 66.5 Å². The van der Waals surface area contributed by atoms with Gasteiger partial charge in [0.2, 0.25) is 0 Å². The van der Waals surface area contributed by atoms with Gasteiger partial charge in [-0.25, -0.2) is 8.42 Å². The third-order valence-electron chi connectivity index (χ3n) is 5.13. The molecule has 5 nitrogen and oxygen atoms in total. The zero-order valence-corrected chi connectivity index (χ0v) is 19.8. The molecule has 3 aromatic carbocycles. The van der Waals surface area contributed by atoms with E-state index in [9.17, 15) is 13.2 Å². The molecule has 0 fully saturated rings. The van der Waals surface area contributed by atoms with E-state index in [-0.39, 0.29) is 17.3 Å². The molecule has 1 N–H and O–H groups in total. The molecule has 168 valence electrons. The van der Waals surface area contributed by atoms with Crippen LogP contribution in [0.2, 0.25) is 5.02 Å². The first kappa shape index (κ1) is 23.8. The van der Waals surface area contributed by atoms with E-state index < -0.39 is 10.0 Å². The summed E-state index contributed by atoms with van der Waals surface area (Å²) in [6, 6.07) is 20.5. The summed E-state index contributed by atoms with van der Waals surface area (Å²) >= 11 is 6.20. The predicted molar refractivity (Wildman–Crippen MR) is 130 cm³/mol. The smallest absolute Gasteiger partial charge is 0.264 e. The molecule has 0 aliphatic carbocycles. The maximum absolute atomic E-state index is 13.5. The Balaban J connectivity index is 1.93. The first-order valence-corrected chi connectivity index (χ1v) is 12.4. The summed E-state index contributed by atoms with van der Waals surface area (Å²) in [5.41, 5.74) is 2.61. The molecule has 1 amide bonds. The molecule has 0 aromatic heterocycles. The van der Waals surface area contributed by atoms with E-state index in [1.165, 1.54) is 4.31 Å². The molecule has 3 rings (SSSR count). The molecule has 0 saturated carbocycles. The molecule has 0 heterocycles. The second-order valence-electron chi connectivity index (χ2n) is 7.56. The third-order valence-corrected chi connectivity index (χ3v) is 7.14. The first-order chi connectivity index (χ1) is 15.3. The molecule has 0 aliphatic rings. The highest BCUT2D eigenvalue weighted by molar-refractivity contribution is 7.92. The lowest BCUT2D eigenvalue weighted by Crippen LogP contribution is -2.31. The van der Waals surface area contributed by atoms with Crippen molar-refractivity contribution in [3.8, 4) is 0 Å². The van der Waals surface area contributed by atoms with Gasteiger partial charge in [-0.15, -0.1) is 0 Å². The van der Waals surface area contributed by atoms with E-state index in [2.05, 4.69) is 12.2 Å². The van der Waals surface area contributed by atoms with E-state index in [1.54, 1.807) is 72.8 Å². The Morgan fingerprint density at radius 1 is 1.00 bits per heavy atom. The van der Waals surface area contributed by atoms with Crippen molar-refractivity contribution in [2.45, 2.75) is 38.1 Å². The van der Waals surface area contributed by atoms with Crippen LogP contribution in [0.15, 0.2) is 77.7 Å². The van der Waals surface area contributed by atoms with Gasteiger partial charge in [0, 0.05) is 17.1 Å². The Hall–Kier alpha value is -2.83. The Labute approximate surface area is 195 Å². The summed E-state index contributed by atoms with van der Waals surface area (Å²) in [7, 11) is -3.84. The summed E-state index contributed by atoms with van der Waals surface area (Å²) < 4.78 is 28.4. The molecule has 32 heavy (non-hydrogen) atoms. The molecule has 0 atom stereocenters. The predicted octanol–water partition coefficient (Wildman–Crippen LogP) is 5.57. The highest BCUT2D eigenvalue weighted by atomic mass is 35.5. The maximum atomic E-state index is 13.5. The van der Waals surface area contributed by atoms with Gasteiger partial charge >= 0.3 is 0 Å². The SMILES string of the molecule is CCCCNC(=O)c1ccc(CN(c2cc(Cl)ccc2C)S(=O)(=O)c2ccccc2)cc1. The Kier molecular flexibility index (Phi) is 7.94. The van der Waals surface area contributed by atoms with Gasteiger partial charge in [-0.2, -0.15) is 0 Å². The van der Waals surface area contributed by atoms with Gasteiger partial charge in [-0.3, -0.25) is 9.10 Å². The number of amides is 1. The number of nitrogens with zero attached hydrogens (tertiary/aromatic N) is 1. The number of hydrogen-bond acceptors (Lipinski definition) is 3. The van der Waals surface area contributed by atoms with Crippen LogP contribution in [0.25, 0.3) is 0 Å². The number of aryl methyl sites for hydroxylation is 1. The lowest BCUT2D eigenvalue weighted by molar-refractivity contribution is 0.0953. The van der Waals surface area contributed by atoms with Crippen molar-refractivity contribution < 1.29 is 13.2 Å². The molecule has 0 unspecified atom stereocenters. The van der Waals surface area contributed by atoms with Gasteiger partial charge < -0.3 is 5.32 Å². The van der Waals surface area contributed by atoms with Crippen LogP contribution in [0.4, 0.5) is 5.69 Å². The van der Waals surface area contributed by atoms with E-state index in [1.807, 2.05) is 6.92 Å². The third kappa shape index (κ3) is 5.69. The number of nitrogens with one attached hydrogen (secondary N) is 1. The average molecular weight is 471 g/mol. The molecule has 0 bridgehead atoms. The lowest BCUT2D eigenvalue weighted by atomic mass is 10.1. The summed E-state index contributed by atoms with van der Waals surface area (Å²) in [4.78, 5) is 12.5. The maximum Gasteiger partial charge on any atom is 0.264 e. The van der Waals surface area contributed by atoms with Crippen molar-refractivity contribution in [2.75, 3.05) is 10.8 Å².